The third-order valence-corrected chi connectivity index (χ3v) is 5.54. The Bertz CT molecular complexity index is 1640. The monoisotopic (exact) mass is 449 g/mol. The van der Waals surface area contributed by atoms with Crippen molar-refractivity contribution in [2.24, 2.45) is 17.3 Å². The van der Waals surface area contributed by atoms with Crippen LogP contribution in [0, 0.1) is 0 Å². The van der Waals surface area contributed by atoms with Crippen molar-refractivity contribution < 1.29 is 5.11 Å². The second-order valence-electron chi connectivity index (χ2n) is 7.15. The van der Waals surface area contributed by atoms with E-state index in [2.05, 4.69) is 25.2 Å². The molecule has 0 atom stereocenters. The van der Waals surface area contributed by atoms with Gasteiger partial charge in [0.25, 0.3) is 11.5 Å². The van der Waals surface area contributed by atoms with Crippen LogP contribution in [0.1, 0.15) is 5.56 Å². The van der Waals surface area contributed by atoms with E-state index in [4.69, 9.17) is 11.6 Å². The number of para-hydroxylation sites is 1. The zero-order valence-corrected chi connectivity index (χ0v) is 17.5. The van der Waals surface area contributed by atoms with Crippen LogP contribution in [0.5, 0.6) is 5.88 Å². The summed E-state index contributed by atoms with van der Waals surface area (Å²) in [6, 6.07) is 14.4. The van der Waals surface area contributed by atoms with Crippen molar-refractivity contribution in [1.29, 1.82) is 0 Å². The van der Waals surface area contributed by atoms with Gasteiger partial charge in [-0.3, -0.25) is 18.9 Å². The van der Waals surface area contributed by atoms with Crippen molar-refractivity contribution in [3.05, 3.63) is 80.0 Å². The van der Waals surface area contributed by atoms with E-state index in [-0.39, 0.29) is 35.2 Å². The van der Waals surface area contributed by atoms with Gasteiger partial charge in [0, 0.05) is 17.5 Å². The Balaban J connectivity index is 1.72. The Morgan fingerprint density at radius 2 is 1.81 bits per heavy atom. The lowest BCUT2D eigenvalue weighted by Gasteiger charge is -2.07. The first kappa shape index (κ1) is 19.8. The zero-order chi connectivity index (χ0) is 22.4. The molecule has 0 saturated heterocycles. The number of azo groups is 1. The first-order chi connectivity index (χ1) is 15.4. The smallest absolute Gasteiger partial charge is 0.329 e. The van der Waals surface area contributed by atoms with Crippen LogP contribution in [-0.4, -0.2) is 29.2 Å². The number of aromatic amines is 2. The number of aromatic nitrogens is 5. The molecular weight excluding hydrogens is 434 g/mol. The summed E-state index contributed by atoms with van der Waals surface area (Å²) >= 11 is 6.32. The van der Waals surface area contributed by atoms with Gasteiger partial charge in [-0.05, 0) is 17.7 Å². The van der Waals surface area contributed by atoms with Crippen LogP contribution in [0.3, 0.4) is 0 Å². The van der Waals surface area contributed by atoms with E-state index in [1.54, 1.807) is 24.3 Å². The molecule has 0 saturated carbocycles. The average Bonchev–Trinajstić information content (AvgIpc) is 3.29. The lowest BCUT2D eigenvalue weighted by Crippen LogP contribution is -2.29. The van der Waals surface area contributed by atoms with Crippen LogP contribution >= 0.6 is 11.6 Å². The molecule has 0 aliphatic rings. The number of rotatable bonds is 4. The highest BCUT2D eigenvalue weighted by atomic mass is 35.5. The number of imidazole rings is 1. The first-order valence-corrected chi connectivity index (χ1v) is 9.96. The van der Waals surface area contributed by atoms with Crippen molar-refractivity contribution in [2.75, 3.05) is 0 Å². The molecule has 0 amide bonds. The van der Waals surface area contributed by atoms with E-state index >= 15 is 0 Å². The van der Waals surface area contributed by atoms with E-state index in [1.807, 2.05) is 24.3 Å². The third-order valence-electron chi connectivity index (χ3n) is 5.17. The molecule has 0 unspecified atom stereocenters. The van der Waals surface area contributed by atoms with Crippen LogP contribution in [0.15, 0.2) is 68.3 Å². The van der Waals surface area contributed by atoms with E-state index in [1.165, 1.54) is 16.2 Å². The number of aromatic hydroxyl groups is 1. The fourth-order valence-corrected chi connectivity index (χ4v) is 3.75. The van der Waals surface area contributed by atoms with Crippen molar-refractivity contribution in [2.45, 2.75) is 6.54 Å². The topological polar surface area (TPSA) is 133 Å². The molecule has 3 heterocycles. The minimum Gasteiger partial charge on any atom is -0.493 e. The number of fused-ring (bicyclic) bond motifs is 2. The van der Waals surface area contributed by atoms with Gasteiger partial charge in [0.2, 0.25) is 5.88 Å². The zero-order valence-electron chi connectivity index (χ0n) is 16.7. The predicted molar refractivity (Wildman–Crippen MR) is 120 cm³/mol. The maximum atomic E-state index is 12.6. The van der Waals surface area contributed by atoms with E-state index in [0.717, 1.165) is 5.56 Å². The van der Waals surface area contributed by atoms with Gasteiger partial charge in [0.1, 0.15) is 0 Å². The van der Waals surface area contributed by atoms with Gasteiger partial charge in [-0.2, -0.15) is 4.98 Å². The van der Waals surface area contributed by atoms with Crippen molar-refractivity contribution in [1.82, 2.24) is 24.1 Å². The molecule has 0 radical (unpaired) electrons. The number of hydrogen-bond donors (Lipinski definition) is 3. The van der Waals surface area contributed by atoms with Crippen molar-refractivity contribution >= 4 is 45.3 Å². The number of benzene rings is 2. The van der Waals surface area contributed by atoms with Gasteiger partial charge in [0.15, 0.2) is 16.9 Å². The molecule has 0 aliphatic heterocycles. The average molecular weight is 450 g/mol. The highest BCUT2D eigenvalue weighted by molar-refractivity contribution is 6.31. The molecule has 0 fully saturated rings. The Hall–Kier alpha value is -4.18. The molecule has 3 aromatic heterocycles. The largest absolute Gasteiger partial charge is 0.493 e. The van der Waals surface area contributed by atoms with Crippen LogP contribution < -0.4 is 11.2 Å². The van der Waals surface area contributed by atoms with Crippen LogP contribution in [-0.2, 0) is 13.6 Å². The molecule has 5 aromatic rings. The fourth-order valence-electron chi connectivity index (χ4n) is 3.56. The summed E-state index contributed by atoms with van der Waals surface area (Å²) in [7, 11) is 1.50. The van der Waals surface area contributed by atoms with Crippen molar-refractivity contribution in [3.8, 4) is 5.88 Å². The lowest BCUT2D eigenvalue weighted by molar-refractivity contribution is 0.459. The number of aryl methyl sites for hydroxylation is 1. The normalized spacial score (nSPS) is 11.8. The lowest BCUT2D eigenvalue weighted by atomic mass is 10.2. The highest BCUT2D eigenvalue weighted by Gasteiger charge is 2.19. The predicted octanol–water partition coefficient (Wildman–Crippen LogP) is 3.73. The first-order valence-electron chi connectivity index (χ1n) is 9.58. The Labute approximate surface area is 184 Å². The highest BCUT2D eigenvalue weighted by Crippen LogP contribution is 2.36. The number of nitrogens with zero attached hydrogens (tertiary/aromatic N) is 5. The molecular formula is C21H16ClN7O3. The molecule has 160 valence electrons. The maximum Gasteiger partial charge on any atom is 0.329 e. The molecule has 11 heteroatoms. The summed E-state index contributed by atoms with van der Waals surface area (Å²) in [5.41, 5.74) is 0.781. The van der Waals surface area contributed by atoms with Crippen LogP contribution in [0.25, 0.3) is 22.1 Å². The van der Waals surface area contributed by atoms with Gasteiger partial charge < -0.3 is 10.1 Å². The molecule has 32 heavy (non-hydrogen) atoms. The second kappa shape index (κ2) is 7.50. The van der Waals surface area contributed by atoms with Gasteiger partial charge >= 0.3 is 5.69 Å². The number of nitrogens with one attached hydrogen (secondary N) is 2. The van der Waals surface area contributed by atoms with E-state index in [0.29, 0.717) is 15.9 Å². The summed E-state index contributed by atoms with van der Waals surface area (Å²) in [5.74, 6) is -0.0646. The number of hydrogen-bond acceptors (Lipinski definition) is 6. The summed E-state index contributed by atoms with van der Waals surface area (Å²) in [5, 5.41) is 19.9. The molecule has 0 aliphatic carbocycles. The summed E-state index contributed by atoms with van der Waals surface area (Å²) in [6.07, 6.45) is 0. The van der Waals surface area contributed by atoms with Crippen molar-refractivity contribution in [3.63, 3.8) is 0 Å². The Kier molecular flexibility index (Phi) is 4.63. The molecule has 3 N–H and O–H groups in total. The number of H-pyrrole nitrogens is 2. The van der Waals surface area contributed by atoms with Gasteiger partial charge in [-0.25, -0.2) is 4.79 Å². The second-order valence-corrected chi connectivity index (χ2v) is 7.55. The molecule has 5 rings (SSSR count). The van der Waals surface area contributed by atoms with E-state index in [9.17, 15) is 14.7 Å². The Morgan fingerprint density at radius 3 is 2.62 bits per heavy atom. The minimum absolute atomic E-state index is 0.0799. The molecule has 0 spiro atoms. The van der Waals surface area contributed by atoms with Crippen LogP contribution in [0.4, 0.5) is 11.6 Å². The summed E-state index contributed by atoms with van der Waals surface area (Å²) in [4.78, 5) is 34.2. The Morgan fingerprint density at radius 1 is 1.06 bits per heavy atom. The van der Waals surface area contributed by atoms with Gasteiger partial charge in [-0.15, -0.1) is 10.2 Å². The fraction of sp³-hybridized carbons (Fsp3) is 0.0952. The third kappa shape index (κ3) is 3.17. The summed E-state index contributed by atoms with van der Waals surface area (Å²) < 4.78 is 2.76. The summed E-state index contributed by atoms with van der Waals surface area (Å²) in [6.45, 7) is 0.172. The van der Waals surface area contributed by atoms with Crippen LogP contribution in [0.2, 0.25) is 5.02 Å². The standard InChI is InChI=1S/C21H16ClN7O3/c1-28-17-16(19(31)25-21(28)32)29(10-11-6-2-4-8-13(11)22)20(24-17)27-26-15-12-7-3-5-9-14(12)23-18(15)30/h2-9,23,30H,10H2,1H3,(H,25,31,32). The molecule has 2 aromatic carbocycles. The van der Waals surface area contributed by atoms with Gasteiger partial charge in [0.05, 0.1) is 12.1 Å². The SMILES string of the molecule is Cn1c(=O)[nH]c(=O)c2c1nc(N=Nc1c(O)[nH]c3ccccc13)n2Cc1ccccc1Cl. The van der Waals surface area contributed by atoms with Gasteiger partial charge in [-0.1, -0.05) is 48.0 Å². The maximum absolute atomic E-state index is 12.6. The molecule has 10 nitrogen and oxygen atoms in total. The minimum atomic E-state index is -0.598. The number of halogens is 1. The van der Waals surface area contributed by atoms with E-state index < -0.39 is 11.2 Å². The quantitative estimate of drug-likeness (QED) is 0.360. The molecule has 0 bridgehead atoms.